The highest BCUT2D eigenvalue weighted by Gasteiger charge is 2.31. The average molecular weight is 266 g/mol. The Labute approximate surface area is 108 Å². The van der Waals surface area contributed by atoms with Crippen molar-refractivity contribution in [3.05, 3.63) is 29.3 Å². The van der Waals surface area contributed by atoms with Crippen LogP contribution in [0.1, 0.15) is 24.0 Å². The maximum atomic E-state index is 12.5. The summed E-state index contributed by atoms with van der Waals surface area (Å²) in [5.41, 5.74) is 8.28. The van der Waals surface area contributed by atoms with Crippen molar-refractivity contribution in [2.45, 2.75) is 36.6 Å². The van der Waals surface area contributed by atoms with E-state index in [9.17, 15) is 8.42 Å². The second-order valence-electron chi connectivity index (χ2n) is 5.20. The molecule has 1 unspecified atom stereocenters. The van der Waals surface area contributed by atoms with Gasteiger partial charge in [-0.05, 0) is 48.9 Å². The minimum atomic E-state index is -3.34. The molecule has 0 amide bonds. The lowest BCUT2D eigenvalue weighted by Crippen LogP contribution is -2.32. The van der Waals surface area contributed by atoms with Crippen molar-refractivity contribution in [3.8, 4) is 0 Å². The lowest BCUT2D eigenvalue weighted by atomic mass is 10.1. The van der Waals surface area contributed by atoms with Crippen LogP contribution in [-0.2, 0) is 22.9 Å². The predicted octanol–water partition coefficient (Wildman–Crippen LogP) is 0.897. The van der Waals surface area contributed by atoms with Gasteiger partial charge in [-0.15, -0.1) is 0 Å². The van der Waals surface area contributed by atoms with Gasteiger partial charge in [0.15, 0.2) is 0 Å². The van der Waals surface area contributed by atoms with Gasteiger partial charge in [-0.25, -0.2) is 8.42 Å². The van der Waals surface area contributed by atoms with E-state index in [2.05, 4.69) is 0 Å². The Hall–Kier alpha value is -0.910. The Morgan fingerprint density at radius 3 is 2.72 bits per heavy atom. The van der Waals surface area contributed by atoms with Gasteiger partial charge in [0.1, 0.15) is 0 Å². The predicted molar refractivity (Wildman–Crippen MR) is 69.8 cm³/mol. The monoisotopic (exact) mass is 266 g/mol. The van der Waals surface area contributed by atoms with E-state index in [-0.39, 0.29) is 6.04 Å². The van der Waals surface area contributed by atoms with E-state index in [1.807, 2.05) is 12.1 Å². The number of aryl methyl sites for hydroxylation is 2. The van der Waals surface area contributed by atoms with Gasteiger partial charge in [-0.2, -0.15) is 4.31 Å². The molecule has 0 spiro atoms. The Morgan fingerprint density at radius 1 is 1.22 bits per heavy atom. The number of benzene rings is 1. The fourth-order valence-corrected chi connectivity index (χ4v) is 4.39. The number of nitrogens with two attached hydrogens (primary N) is 1. The molecule has 0 aromatic heterocycles. The van der Waals surface area contributed by atoms with Crippen LogP contribution < -0.4 is 5.73 Å². The summed E-state index contributed by atoms with van der Waals surface area (Å²) in [5, 5.41) is 0. The molecular weight excluding hydrogens is 248 g/mol. The first kappa shape index (κ1) is 12.1. The van der Waals surface area contributed by atoms with Crippen LogP contribution in [0.25, 0.3) is 0 Å². The summed E-state index contributed by atoms with van der Waals surface area (Å²) in [7, 11) is -3.34. The number of hydrogen-bond donors (Lipinski definition) is 1. The van der Waals surface area contributed by atoms with E-state index >= 15 is 0 Å². The molecule has 0 radical (unpaired) electrons. The Balaban J connectivity index is 1.94. The first-order valence-corrected chi connectivity index (χ1v) is 7.89. The zero-order valence-corrected chi connectivity index (χ0v) is 11.1. The van der Waals surface area contributed by atoms with Crippen molar-refractivity contribution in [3.63, 3.8) is 0 Å². The minimum Gasteiger partial charge on any atom is -0.326 e. The number of nitrogens with zero attached hydrogens (tertiary/aromatic N) is 1. The normalized spacial score (nSPS) is 24.4. The van der Waals surface area contributed by atoms with Gasteiger partial charge in [0.2, 0.25) is 10.0 Å². The van der Waals surface area contributed by atoms with Crippen molar-refractivity contribution < 1.29 is 8.42 Å². The molecule has 2 N–H and O–H groups in total. The summed E-state index contributed by atoms with van der Waals surface area (Å²) in [6.07, 6.45) is 3.96. The van der Waals surface area contributed by atoms with Crippen molar-refractivity contribution >= 4 is 10.0 Å². The number of fused-ring (bicyclic) bond motifs is 1. The van der Waals surface area contributed by atoms with Gasteiger partial charge in [0.25, 0.3) is 0 Å². The third-order valence-electron chi connectivity index (χ3n) is 3.90. The van der Waals surface area contributed by atoms with Crippen LogP contribution in [0.5, 0.6) is 0 Å². The van der Waals surface area contributed by atoms with Crippen LogP contribution >= 0.6 is 0 Å². The Morgan fingerprint density at radius 2 is 2.00 bits per heavy atom. The smallest absolute Gasteiger partial charge is 0.243 e. The highest BCUT2D eigenvalue weighted by Crippen LogP contribution is 2.27. The van der Waals surface area contributed by atoms with Crippen molar-refractivity contribution in [2.24, 2.45) is 5.73 Å². The molecule has 0 bridgehead atoms. The molecular formula is C13H18N2O2S. The second kappa shape index (κ2) is 4.33. The third kappa shape index (κ3) is 1.96. The van der Waals surface area contributed by atoms with Crippen LogP contribution in [0.15, 0.2) is 23.1 Å². The lowest BCUT2D eigenvalue weighted by molar-refractivity contribution is 0.472. The Kier molecular flexibility index (Phi) is 2.92. The molecule has 1 aliphatic carbocycles. The van der Waals surface area contributed by atoms with Crippen LogP contribution in [0.4, 0.5) is 0 Å². The largest absolute Gasteiger partial charge is 0.326 e. The van der Waals surface area contributed by atoms with E-state index in [1.54, 1.807) is 6.07 Å². The molecule has 1 aliphatic heterocycles. The fraction of sp³-hybridized carbons (Fsp3) is 0.538. The molecule has 1 heterocycles. The molecule has 1 atom stereocenters. The van der Waals surface area contributed by atoms with Crippen molar-refractivity contribution in [2.75, 3.05) is 13.1 Å². The summed E-state index contributed by atoms with van der Waals surface area (Å²) in [6.45, 7) is 0.986. The van der Waals surface area contributed by atoms with Crippen molar-refractivity contribution in [1.82, 2.24) is 4.31 Å². The second-order valence-corrected chi connectivity index (χ2v) is 7.13. The molecule has 1 aromatic rings. The lowest BCUT2D eigenvalue weighted by Gasteiger charge is -2.16. The maximum Gasteiger partial charge on any atom is 0.243 e. The number of hydrogen-bond acceptors (Lipinski definition) is 3. The Bertz CT molecular complexity index is 568. The van der Waals surface area contributed by atoms with Crippen LogP contribution in [0.2, 0.25) is 0 Å². The molecule has 1 fully saturated rings. The first-order chi connectivity index (χ1) is 8.57. The summed E-state index contributed by atoms with van der Waals surface area (Å²) in [4.78, 5) is 0.428. The number of rotatable bonds is 2. The van der Waals surface area contributed by atoms with Gasteiger partial charge < -0.3 is 5.73 Å². The van der Waals surface area contributed by atoms with E-state index in [0.717, 1.165) is 25.7 Å². The number of sulfonamides is 1. The van der Waals surface area contributed by atoms with E-state index in [1.165, 1.54) is 15.4 Å². The highest BCUT2D eigenvalue weighted by atomic mass is 32.2. The summed E-state index contributed by atoms with van der Waals surface area (Å²) in [6, 6.07) is 5.53. The SMILES string of the molecule is NC1CCN(S(=O)(=O)c2ccc3c(c2)CCC3)C1. The average Bonchev–Trinajstić information content (AvgIpc) is 2.96. The fourth-order valence-electron chi connectivity index (χ4n) is 2.83. The summed E-state index contributed by atoms with van der Waals surface area (Å²) in [5.74, 6) is 0. The van der Waals surface area contributed by atoms with Gasteiger partial charge in [-0.1, -0.05) is 6.07 Å². The van der Waals surface area contributed by atoms with Gasteiger partial charge in [-0.3, -0.25) is 0 Å². The van der Waals surface area contributed by atoms with Gasteiger partial charge in [0, 0.05) is 19.1 Å². The van der Waals surface area contributed by atoms with Crippen LogP contribution in [0, 0.1) is 0 Å². The van der Waals surface area contributed by atoms with E-state index < -0.39 is 10.0 Å². The summed E-state index contributed by atoms with van der Waals surface area (Å²) >= 11 is 0. The molecule has 2 aliphatic rings. The molecule has 1 saturated heterocycles. The molecule has 5 heteroatoms. The molecule has 18 heavy (non-hydrogen) atoms. The first-order valence-electron chi connectivity index (χ1n) is 6.45. The third-order valence-corrected chi connectivity index (χ3v) is 5.76. The minimum absolute atomic E-state index is 0.0193. The highest BCUT2D eigenvalue weighted by molar-refractivity contribution is 7.89. The maximum absolute atomic E-state index is 12.5. The quantitative estimate of drug-likeness (QED) is 0.865. The molecule has 1 aromatic carbocycles. The van der Waals surface area contributed by atoms with Gasteiger partial charge >= 0.3 is 0 Å². The van der Waals surface area contributed by atoms with E-state index in [0.29, 0.717) is 18.0 Å². The summed E-state index contributed by atoms with van der Waals surface area (Å²) < 4.78 is 26.4. The zero-order chi connectivity index (χ0) is 12.8. The molecule has 98 valence electrons. The van der Waals surface area contributed by atoms with Crippen LogP contribution in [0.3, 0.4) is 0 Å². The van der Waals surface area contributed by atoms with Crippen LogP contribution in [-0.4, -0.2) is 31.9 Å². The standard InChI is InChI=1S/C13H18N2O2S/c14-12-6-7-15(9-12)18(16,17)13-5-4-10-2-1-3-11(10)8-13/h4-5,8,12H,1-3,6-7,9,14H2. The van der Waals surface area contributed by atoms with Gasteiger partial charge in [0.05, 0.1) is 4.90 Å². The van der Waals surface area contributed by atoms with E-state index in [4.69, 9.17) is 5.73 Å². The van der Waals surface area contributed by atoms with Crippen molar-refractivity contribution in [1.29, 1.82) is 0 Å². The molecule has 0 saturated carbocycles. The zero-order valence-electron chi connectivity index (χ0n) is 10.3. The molecule has 3 rings (SSSR count). The topological polar surface area (TPSA) is 63.4 Å². The molecule has 4 nitrogen and oxygen atoms in total.